The highest BCUT2D eigenvalue weighted by Crippen LogP contribution is 2.43. The zero-order valence-corrected chi connectivity index (χ0v) is 12.2. The second kappa shape index (κ2) is 5.37. The number of hydrogen-bond donors (Lipinski definition) is 1. The minimum Gasteiger partial charge on any atom is -0.405 e. The van der Waals surface area contributed by atoms with Gasteiger partial charge in [-0.05, 0) is 12.1 Å². The number of benzene rings is 2. The number of aromatic amines is 1. The number of H-pyrrole nitrogens is 1. The Morgan fingerprint density at radius 3 is 2.59 bits per heavy atom. The molecule has 0 aliphatic rings. The number of nitrogens with zero attached hydrogens (tertiary/aromatic N) is 1. The molecule has 0 fully saturated rings. The Balaban J connectivity index is 2.24. The van der Waals surface area contributed by atoms with Crippen molar-refractivity contribution in [2.75, 3.05) is 0 Å². The monoisotopic (exact) mass is 346 g/mol. The summed E-state index contributed by atoms with van der Waals surface area (Å²) in [5, 5.41) is 0.349. The summed E-state index contributed by atoms with van der Waals surface area (Å²) in [6.07, 6.45) is -3.39. The fraction of sp³-hybridized carbons (Fsp3) is 0.0714. The molecule has 1 aromatic heterocycles. The summed E-state index contributed by atoms with van der Waals surface area (Å²) in [5.41, 5.74) is 1.39. The van der Waals surface area contributed by atoms with E-state index < -0.39 is 6.36 Å². The number of aromatic nitrogens is 2. The van der Waals surface area contributed by atoms with E-state index in [0.717, 1.165) is 0 Å². The van der Waals surface area contributed by atoms with Crippen LogP contribution in [0.25, 0.3) is 22.2 Å². The van der Waals surface area contributed by atoms with Gasteiger partial charge in [-0.2, -0.15) is 0 Å². The fourth-order valence-electron chi connectivity index (χ4n) is 2.15. The van der Waals surface area contributed by atoms with Gasteiger partial charge < -0.3 is 9.72 Å². The number of fused-ring (bicyclic) bond motifs is 1. The van der Waals surface area contributed by atoms with Gasteiger partial charge in [0.05, 0.1) is 21.9 Å². The van der Waals surface area contributed by atoms with Crippen LogP contribution in [0.4, 0.5) is 13.2 Å². The van der Waals surface area contributed by atoms with Crippen molar-refractivity contribution in [2.24, 2.45) is 0 Å². The average Bonchev–Trinajstić information content (AvgIpc) is 2.87. The first-order valence-electron chi connectivity index (χ1n) is 6.03. The third-order valence-electron chi connectivity index (χ3n) is 2.99. The van der Waals surface area contributed by atoms with E-state index in [0.29, 0.717) is 11.0 Å². The van der Waals surface area contributed by atoms with Crippen LogP contribution in [-0.4, -0.2) is 16.3 Å². The minimum atomic E-state index is -4.81. The van der Waals surface area contributed by atoms with Crippen molar-refractivity contribution >= 4 is 34.2 Å². The summed E-state index contributed by atoms with van der Waals surface area (Å²) in [4.78, 5) is 6.88. The van der Waals surface area contributed by atoms with Crippen molar-refractivity contribution in [3.63, 3.8) is 0 Å². The van der Waals surface area contributed by atoms with Gasteiger partial charge in [0.2, 0.25) is 0 Å². The Hall–Kier alpha value is -1.92. The molecule has 1 N–H and O–H groups in total. The van der Waals surface area contributed by atoms with E-state index in [1.54, 1.807) is 12.1 Å². The zero-order valence-electron chi connectivity index (χ0n) is 10.7. The summed E-state index contributed by atoms with van der Waals surface area (Å²) >= 11 is 12.4. The Kier molecular flexibility index (Phi) is 3.66. The van der Waals surface area contributed by atoms with Crippen molar-refractivity contribution in [1.82, 2.24) is 9.97 Å². The first kappa shape index (κ1) is 15.0. The Morgan fingerprint density at radius 1 is 1.14 bits per heavy atom. The number of nitrogens with one attached hydrogen (secondary N) is 1. The van der Waals surface area contributed by atoms with Crippen LogP contribution in [0, 0.1) is 0 Å². The van der Waals surface area contributed by atoms with Crippen LogP contribution in [0.15, 0.2) is 36.7 Å². The molecule has 3 rings (SSSR count). The molecular weight excluding hydrogens is 340 g/mol. The van der Waals surface area contributed by atoms with Gasteiger partial charge in [-0.3, -0.25) is 0 Å². The number of ether oxygens (including phenoxy) is 1. The predicted molar refractivity (Wildman–Crippen MR) is 78.2 cm³/mol. The predicted octanol–water partition coefficient (Wildman–Crippen LogP) is 5.44. The highest BCUT2D eigenvalue weighted by molar-refractivity contribution is 6.42. The highest BCUT2D eigenvalue weighted by Gasteiger charge is 2.32. The van der Waals surface area contributed by atoms with Gasteiger partial charge in [0.15, 0.2) is 0 Å². The number of alkyl halides is 3. The molecule has 8 heteroatoms. The van der Waals surface area contributed by atoms with Crippen LogP contribution < -0.4 is 4.74 Å². The molecule has 0 bridgehead atoms. The van der Waals surface area contributed by atoms with Crippen LogP contribution >= 0.6 is 23.2 Å². The fourth-order valence-corrected chi connectivity index (χ4v) is 2.85. The molecule has 0 saturated carbocycles. The molecule has 2 aromatic carbocycles. The van der Waals surface area contributed by atoms with Gasteiger partial charge in [0, 0.05) is 11.1 Å². The van der Waals surface area contributed by atoms with Gasteiger partial charge >= 0.3 is 6.36 Å². The molecule has 0 saturated heterocycles. The molecule has 0 atom stereocenters. The third kappa shape index (κ3) is 2.71. The van der Waals surface area contributed by atoms with Crippen molar-refractivity contribution in [2.45, 2.75) is 6.36 Å². The first-order chi connectivity index (χ1) is 10.4. The zero-order chi connectivity index (χ0) is 15.9. The second-order valence-corrected chi connectivity index (χ2v) is 5.18. The summed E-state index contributed by atoms with van der Waals surface area (Å²) in [6, 6.07) is 7.20. The van der Waals surface area contributed by atoms with Crippen LogP contribution in [0.5, 0.6) is 5.75 Å². The molecule has 0 radical (unpaired) electrons. The summed E-state index contributed by atoms with van der Waals surface area (Å²) in [5.74, 6) is -0.381. The lowest BCUT2D eigenvalue weighted by atomic mass is 10.0. The Labute approximate surface area is 132 Å². The van der Waals surface area contributed by atoms with Gasteiger partial charge in [-0.25, -0.2) is 4.98 Å². The van der Waals surface area contributed by atoms with E-state index >= 15 is 0 Å². The standard InChI is InChI=1S/C14H7Cl2F3N2O/c15-8-5-9-13(21-6-20-9)12(16)11(8)7-3-1-2-4-10(7)22-14(17,18)19/h1-6H,(H,20,21). The van der Waals surface area contributed by atoms with E-state index in [9.17, 15) is 13.2 Å². The molecular formula is C14H7Cl2F3N2O. The quantitative estimate of drug-likeness (QED) is 0.671. The maximum atomic E-state index is 12.5. The number of imidazole rings is 1. The first-order valence-corrected chi connectivity index (χ1v) is 6.78. The third-order valence-corrected chi connectivity index (χ3v) is 3.65. The molecule has 1 heterocycles. The Bertz CT molecular complexity index is 846. The molecule has 0 amide bonds. The van der Waals surface area contributed by atoms with Crippen LogP contribution in [0.2, 0.25) is 10.0 Å². The van der Waals surface area contributed by atoms with Crippen LogP contribution in [-0.2, 0) is 0 Å². The molecule has 3 nitrogen and oxygen atoms in total. The number of hydrogen-bond acceptors (Lipinski definition) is 2. The average molecular weight is 347 g/mol. The topological polar surface area (TPSA) is 37.9 Å². The van der Waals surface area contributed by atoms with Gasteiger partial charge in [0.1, 0.15) is 11.3 Å². The normalized spacial score (nSPS) is 11.9. The van der Waals surface area contributed by atoms with E-state index in [1.165, 1.54) is 24.5 Å². The van der Waals surface area contributed by atoms with E-state index in [2.05, 4.69) is 14.7 Å². The number of rotatable bonds is 2. The lowest BCUT2D eigenvalue weighted by Gasteiger charge is -2.15. The summed E-state index contributed by atoms with van der Waals surface area (Å²) < 4.78 is 41.7. The molecule has 3 aromatic rings. The molecule has 0 aliphatic carbocycles. The van der Waals surface area contributed by atoms with Crippen molar-refractivity contribution in [3.8, 4) is 16.9 Å². The lowest BCUT2D eigenvalue weighted by molar-refractivity contribution is -0.274. The van der Waals surface area contributed by atoms with E-state index in [-0.39, 0.29) is 26.9 Å². The van der Waals surface area contributed by atoms with Gasteiger partial charge in [-0.15, -0.1) is 13.2 Å². The minimum absolute atomic E-state index is 0.139. The lowest BCUT2D eigenvalue weighted by Crippen LogP contribution is -2.17. The smallest absolute Gasteiger partial charge is 0.405 e. The second-order valence-electron chi connectivity index (χ2n) is 4.39. The molecule has 22 heavy (non-hydrogen) atoms. The van der Waals surface area contributed by atoms with Crippen LogP contribution in [0.1, 0.15) is 0 Å². The van der Waals surface area contributed by atoms with Gasteiger partial charge in [-0.1, -0.05) is 41.4 Å². The van der Waals surface area contributed by atoms with Crippen LogP contribution in [0.3, 0.4) is 0 Å². The summed E-state index contributed by atoms with van der Waals surface area (Å²) in [6.45, 7) is 0. The summed E-state index contributed by atoms with van der Waals surface area (Å²) in [7, 11) is 0. The Morgan fingerprint density at radius 2 is 1.86 bits per heavy atom. The maximum Gasteiger partial charge on any atom is 0.573 e. The SMILES string of the molecule is FC(F)(F)Oc1ccccc1-c1c(Cl)cc2[nH]cnc2c1Cl. The molecule has 0 aliphatic heterocycles. The van der Waals surface area contributed by atoms with Crippen molar-refractivity contribution in [1.29, 1.82) is 0 Å². The van der Waals surface area contributed by atoms with E-state index in [4.69, 9.17) is 23.2 Å². The number of halogens is 5. The van der Waals surface area contributed by atoms with Crippen molar-refractivity contribution < 1.29 is 17.9 Å². The maximum absolute atomic E-state index is 12.5. The largest absolute Gasteiger partial charge is 0.573 e. The van der Waals surface area contributed by atoms with E-state index in [1.807, 2.05) is 0 Å². The van der Waals surface area contributed by atoms with Crippen molar-refractivity contribution in [3.05, 3.63) is 46.7 Å². The highest BCUT2D eigenvalue weighted by atomic mass is 35.5. The molecule has 114 valence electrons. The molecule has 0 unspecified atom stereocenters. The number of para-hydroxylation sites is 1. The molecule has 0 spiro atoms. The van der Waals surface area contributed by atoms with Gasteiger partial charge in [0.25, 0.3) is 0 Å².